The third-order valence-electron chi connectivity index (χ3n) is 3.56. The van der Waals surface area contributed by atoms with Crippen LogP contribution in [-0.2, 0) is 4.74 Å². The Labute approximate surface area is 125 Å². The van der Waals surface area contributed by atoms with Gasteiger partial charge in [0.2, 0.25) is 0 Å². The quantitative estimate of drug-likeness (QED) is 0.772. The molecule has 2 aromatic rings. The lowest BCUT2D eigenvalue weighted by atomic mass is 9.91. The summed E-state index contributed by atoms with van der Waals surface area (Å²) in [7, 11) is 1.67. The van der Waals surface area contributed by atoms with E-state index in [1.807, 2.05) is 18.2 Å². The zero-order valence-electron chi connectivity index (χ0n) is 10.5. The van der Waals surface area contributed by atoms with Crippen molar-refractivity contribution in [2.24, 2.45) is 0 Å². The van der Waals surface area contributed by atoms with Crippen molar-refractivity contribution >= 4 is 38.3 Å². The fourth-order valence-corrected chi connectivity index (χ4v) is 3.44. The third kappa shape index (κ3) is 2.35. The van der Waals surface area contributed by atoms with Crippen LogP contribution in [0, 0.1) is 0 Å². The van der Waals surface area contributed by atoms with Crippen LogP contribution in [0.25, 0.3) is 10.8 Å². The van der Waals surface area contributed by atoms with Crippen molar-refractivity contribution < 1.29 is 9.47 Å². The highest BCUT2D eigenvalue weighted by molar-refractivity contribution is 9.10. The predicted molar refractivity (Wildman–Crippen MR) is 81.1 cm³/mol. The van der Waals surface area contributed by atoms with Crippen LogP contribution >= 0.6 is 27.5 Å². The van der Waals surface area contributed by atoms with Crippen molar-refractivity contribution in [2.75, 3.05) is 7.11 Å². The molecule has 0 aromatic heterocycles. The molecule has 1 saturated carbocycles. The molecule has 1 aliphatic rings. The monoisotopic (exact) mass is 340 g/mol. The van der Waals surface area contributed by atoms with Crippen LogP contribution < -0.4 is 4.74 Å². The first-order valence-corrected chi connectivity index (χ1v) is 7.44. The minimum absolute atomic E-state index is 0.0277. The van der Waals surface area contributed by atoms with E-state index in [9.17, 15) is 0 Å². The van der Waals surface area contributed by atoms with Gasteiger partial charge in [0.15, 0.2) is 0 Å². The van der Waals surface area contributed by atoms with E-state index in [0.717, 1.165) is 22.0 Å². The van der Waals surface area contributed by atoms with E-state index in [4.69, 9.17) is 21.1 Å². The Balaban J connectivity index is 1.88. The molecular weight excluding hydrogens is 328 g/mol. The molecule has 3 atom stereocenters. The summed E-state index contributed by atoms with van der Waals surface area (Å²) >= 11 is 9.72. The minimum Gasteiger partial charge on any atom is -0.486 e. The SMILES string of the molecule is COC1C(Cl)CC1Oc1ccc2ccccc2c1Br. The number of hydrogen-bond acceptors (Lipinski definition) is 2. The largest absolute Gasteiger partial charge is 0.486 e. The Hall–Kier alpha value is -0.770. The average molecular weight is 342 g/mol. The molecule has 1 aliphatic carbocycles. The molecule has 0 saturated heterocycles. The van der Waals surface area contributed by atoms with Crippen LogP contribution in [0.15, 0.2) is 40.9 Å². The minimum atomic E-state index is -0.0277. The summed E-state index contributed by atoms with van der Waals surface area (Å²) < 4.78 is 12.3. The summed E-state index contributed by atoms with van der Waals surface area (Å²) in [6.07, 6.45) is 0.823. The highest BCUT2D eigenvalue weighted by Crippen LogP contribution is 2.38. The molecule has 0 bridgehead atoms. The normalized spacial score (nSPS) is 26.2. The number of ether oxygens (including phenoxy) is 2. The average Bonchev–Trinajstić information content (AvgIpc) is 2.41. The van der Waals surface area contributed by atoms with Gasteiger partial charge in [-0.3, -0.25) is 0 Å². The van der Waals surface area contributed by atoms with Crippen molar-refractivity contribution in [1.82, 2.24) is 0 Å². The van der Waals surface area contributed by atoms with Gasteiger partial charge in [-0.15, -0.1) is 11.6 Å². The van der Waals surface area contributed by atoms with Gasteiger partial charge >= 0.3 is 0 Å². The molecule has 3 rings (SSSR count). The molecule has 2 aromatic carbocycles. The predicted octanol–water partition coefficient (Wildman–Crippen LogP) is 4.38. The van der Waals surface area contributed by atoms with Crippen LogP contribution in [0.4, 0.5) is 0 Å². The number of hydrogen-bond donors (Lipinski definition) is 0. The molecule has 0 N–H and O–H groups in total. The van der Waals surface area contributed by atoms with Crippen LogP contribution in [0.3, 0.4) is 0 Å². The van der Waals surface area contributed by atoms with Gasteiger partial charge < -0.3 is 9.47 Å². The standard InChI is InChI=1S/C15H14BrClO2/c1-18-15-11(17)8-13(15)19-12-7-6-9-4-2-3-5-10(9)14(12)16/h2-7,11,13,15H,8H2,1H3. The first-order valence-electron chi connectivity index (χ1n) is 6.21. The van der Waals surface area contributed by atoms with Gasteiger partial charge in [0.1, 0.15) is 18.0 Å². The Morgan fingerprint density at radius 2 is 2.00 bits per heavy atom. The van der Waals surface area contributed by atoms with Gasteiger partial charge in [-0.2, -0.15) is 0 Å². The Morgan fingerprint density at radius 1 is 1.21 bits per heavy atom. The summed E-state index contributed by atoms with van der Waals surface area (Å²) in [6, 6.07) is 12.3. The first-order chi connectivity index (χ1) is 9.20. The van der Waals surface area contributed by atoms with Crippen LogP contribution in [0.1, 0.15) is 6.42 Å². The number of methoxy groups -OCH3 is 1. The van der Waals surface area contributed by atoms with Crippen molar-refractivity contribution in [1.29, 1.82) is 0 Å². The molecule has 0 aliphatic heterocycles. The lowest BCUT2D eigenvalue weighted by molar-refractivity contribution is -0.0585. The number of fused-ring (bicyclic) bond motifs is 1. The van der Waals surface area contributed by atoms with Gasteiger partial charge in [0, 0.05) is 13.5 Å². The number of rotatable bonds is 3. The van der Waals surface area contributed by atoms with E-state index in [1.165, 1.54) is 5.39 Å². The number of halogens is 2. The molecule has 0 amide bonds. The zero-order chi connectivity index (χ0) is 13.4. The molecule has 0 radical (unpaired) electrons. The molecule has 3 unspecified atom stereocenters. The van der Waals surface area contributed by atoms with E-state index in [0.29, 0.717) is 0 Å². The molecule has 100 valence electrons. The van der Waals surface area contributed by atoms with Crippen LogP contribution in [0.5, 0.6) is 5.75 Å². The van der Waals surface area contributed by atoms with E-state index in [1.54, 1.807) is 7.11 Å². The summed E-state index contributed by atoms with van der Waals surface area (Å²) in [4.78, 5) is 0. The zero-order valence-corrected chi connectivity index (χ0v) is 12.8. The maximum Gasteiger partial charge on any atom is 0.134 e. The molecule has 0 heterocycles. The summed E-state index contributed by atoms with van der Waals surface area (Å²) in [5, 5.41) is 2.39. The topological polar surface area (TPSA) is 18.5 Å². The maximum absolute atomic E-state index is 6.09. The number of benzene rings is 2. The molecule has 19 heavy (non-hydrogen) atoms. The molecule has 4 heteroatoms. The van der Waals surface area contributed by atoms with Crippen molar-refractivity contribution in [2.45, 2.75) is 24.0 Å². The Morgan fingerprint density at radius 3 is 2.74 bits per heavy atom. The summed E-state index contributed by atoms with van der Waals surface area (Å²) in [5.74, 6) is 0.842. The fraction of sp³-hybridized carbons (Fsp3) is 0.333. The van der Waals surface area contributed by atoms with Gasteiger partial charge in [-0.05, 0) is 32.8 Å². The molecular formula is C15H14BrClO2. The van der Waals surface area contributed by atoms with Gasteiger partial charge in [0.25, 0.3) is 0 Å². The fourth-order valence-electron chi connectivity index (χ4n) is 2.41. The Bertz CT molecular complexity index is 602. The maximum atomic E-state index is 6.09. The lowest BCUT2D eigenvalue weighted by Crippen LogP contribution is -2.52. The second-order valence-electron chi connectivity index (χ2n) is 4.71. The molecule has 2 nitrogen and oxygen atoms in total. The first kappa shape index (κ1) is 13.2. The van der Waals surface area contributed by atoms with Crippen LogP contribution in [0.2, 0.25) is 0 Å². The summed E-state index contributed by atoms with van der Waals surface area (Å²) in [6.45, 7) is 0. The van der Waals surface area contributed by atoms with E-state index in [2.05, 4.69) is 34.1 Å². The van der Waals surface area contributed by atoms with E-state index < -0.39 is 0 Å². The van der Waals surface area contributed by atoms with Gasteiger partial charge in [-0.1, -0.05) is 30.3 Å². The Kier molecular flexibility index (Phi) is 3.70. The molecule has 1 fully saturated rings. The van der Waals surface area contributed by atoms with Crippen molar-refractivity contribution in [3.05, 3.63) is 40.9 Å². The highest BCUT2D eigenvalue weighted by Gasteiger charge is 2.42. The van der Waals surface area contributed by atoms with Gasteiger partial charge in [0.05, 0.1) is 9.85 Å². The third-order valence-corrected chi connectivity index (χ3v) is 4.80. The highest BCUT2D eigenvalue weighted by atomic mass is 79.9. The van der Waals surface area contributed by atoms with Gasteiger partial charge in [-0.25, -0.2) is 0 Å². The smallest absolute Gasteiger partial charge is 0.134 e. The van der Waals surface area contributed by atoms with Crippen LogP contribution in [-0.4, -0.2) is 24.7 Å². The number of alkyl halides is 1. The van der Waals surface area contributed by atoms with E-state index in [-0.39, 0.29) is 17.6 Å². The van der Waals surface area contributed by atoms with Crippen molar-refractivity contribution in [3.8, 4) is 5.75 Å². The lowest BCUT2D eigenvalue weighted by Gasteiger charge is -2.39. The second-order valence-corrected chi connectivity index (χ2v) is 6.06. The summed E-state index contributed by atoms with van der Waals surface area (Å²) in [5.41, 5.74) is 0. The molecule has 0 spiro atoms. The van der Waals surface area contributed by atoms with E-state index >= 15 is 0 Å². The second kappa shape index (κ2) is 5.31. The van der Waals surface area contributed by atoms with Crippen molar-refractivity contribution in [3.63, 3.8) is 0 Å².